The van der Waals surface area contributed by atoms with Crippen molar-refractivity contribution in [2.24, 2.45) is 5.92 Å². The average Bonchev–Trinajstić information content (AvgIpc) is 2.76. The quantitative estimate of drug-likeness (QED) is 0.909. The molecule has 0 bridgehead atoms. The van der Waals surface area contributed by atoms with Crippen molar-refractivity contribution in [3.05, 3.63) is 34.9 Å². The summed E-state index contributed by atoms with van der Waals surface area (Å²) in [4.78, 5) is 12.0. The lowest BCUT2D eigenvalue weighted by molar-refractivity contribution is -0.121. The maximum Gasteiger partial charge on any atom is 0.230 e. The number of carbonyl (C=O) groups excluding carboxylic acids is 1. The number of rotatable bonds is 5. The standard InChI is InChI=1S/C17H23NO2S/c1-11-5-12(2)7-13(6-11)9-21-10-17(19)18-15-8-16-14(15)3-4-20-16/h5-7,14-16H,3-4,8-10H2,1-2H3,(H,18,19)/t14-,15+,16+/m1/s1. The summed E-state index contributed by atoms with van der Waals surface area (Å²) in [6.07, 6.45) is 2.52. The molecule has 1 aliphatic heterocycles. The van der Waals surface area contributed by atoms with E-state index in [1.54, 1.807) is 11.8 Å². The molecule has 114 valence electrons. The summed E-state index contributed by atoms with van der Waals surface area (Å²) in [5.74, 6) is 2.18. The van der Waals surface area contributed by atoms with Gasteiger partial charge in [0.2, 0.25) is 5.91 Å². The fraction of sp³-hybridized carbons (Fsp3) is 0.588. The number of nitrogens with one attached hydrogen (secondary N) is 1. The second-order valence-corrected chi connectivity index (χ2v) is 7.25. The highest BCUT2D eigenvalue weighted by Gasteiger charge is 2.45. The molecule has 0 radical (unpaired) electrons. The highest BCUT2D eigenvalue weighted by molar-refractivity contribution is 7.99. The van der Waals surface area contributed by atoms with Crippen molar-refractivity contribution in [1.82, 2.24) is 5.32 Å². The minimum absolute atomic E-state index is 0.166. The van der Waals surface area contributed by atoms with Gasteiger partial charge in [0, 0.05) is 24.3 Å². The number of thioether (sulfide) groups is 1. The third kappa shape index (κ3) is 3.61. The SMILES string of the molecule is Cc1cc(C)cc(CSCC(=O)N[C@H]2C[C@@H]3OCC[C@H]23)c1. The van der Waals surface area contributed by atoms with Crippen molar-refractivity contribution < 1.29 is 9.53 Å². The van der Waals surface area contributed by atoms with Gasteiger partial charge in [-0.3, -0.25) is 4.79 Å². The molecule has 0 unspecified atom stereocenters. The zero-order valence-corrected chi connectivity index (χ0v) is 13.5. The van der Waals surface area contributed by atoms with Crippen LogP contribution in [0.25, 0.3) is 0 Å². The normalized spacial score (nSPS) is 27.0. The van der Waals surface area contributed by atoms with E-state index in [2.05, 4.69) is 37.4 Å². The molecule has 4 heteroatoms. The minimum Gasteiger partial charge on any atom is -0.378 e. The van der Waals surface area contributed by atoms with E-state index in [9.17, 15) is 4.79 Å². The molecule has 3 nitrogen and oxygen atoms in total. The van der Waals surface area contributed by atoms with Crippen LogP contribution in [0, 0.1) is 19.8 Å². The van der Waals surface area contributed by atoms with Gasteiger partial charge in [-0.1, -0.05) is 29.3 Å². The molecule has 1 saturated carbocycles. The van der Waals surface area contributed by atoms with Crippen LogP contribution in [-0.4, -0.2) is 30.4 Å². The molecular formula is C17H23NO2S. The molecule has 3 atom stereocenters. The number of fused-ring (bicyclic) bond motifs is 1. The first-order valence-electron chi connectivity index (χ1n) is 7.68. The Morgan fingerprint density at radius 1 is 1.33 bits per heavy atom. The molecule has 1 aliphatic carbocycles. The molecule has 2 fully saturated rings. The number of carbonyl (C=O) groups is 1. The van der Waals surface area contributed by atoms with Gasteiger partial charge in [-0.15, -0.1) is 11.8 Å². The Balaban J connectivity index is 1.40. The molecule has 1 amide bonds. The predicted molar refractivity (Wildman–Crippen MR) is 86.5 cm³/mol. The Morgan fingerprint density at radius 3 is 2.81 bits per heavy atom. The molecular weight excluding hydrogens is 282 g/mol. The zero-order chi connectivity index (χ0) is 14.8. The third-order valence-corrected chi connectivity index (χ3v) is 5.40. The fourth-order valence-corrected chi connectivity index (χ4v) is 4.20. The first-order valence-corrected chi connectivity index (χ1v) is 8.83. The molecule has 1 N–H and O–H groups in total. The first kappa shape index (κ1) is 14.9. The number of benzene rings is 1. The van der Waals surface area contributed by atoms with E-state index in [4.69, 9.17) is 4.74 Å². The second-order valence-electron chi connectivity index (χ2n) is 6.26. The Bertz CT molecular complexity index is 511. The summed E-state index contributed by atoms with van der Waals surface area (Å²) >= 11 is 1.69. The zero-order valence-electron chi connectivity index (χ0n) is 12.7. The van der Waals surface area contributed by atoms with Gasteiger partial charge in [0.05, 0.1) is 11.9 Å². The van der Waals surface area contributed by atoms with Crippen molar-refractivity contribution in [1.29, 1.82) is 0 Å². The maximum absolute atomic E-state index is 12.0. The Morgan fingerprint density at radius 2 is 2.10 bits per heavy atom. The van der Waals surface area contributed by atoms with Crippen LogP contribution >= 0.6 is 11.8 Å². The van der Waals surface area contributed by atoms with Crippen LogP contribution in [0.4, 0.5) is 0 Å². The van der Waals surface area contributed by atoms with Crippen LogP contribution < -0.4 is 5.32 Å². The molecule has 21 heavy (non-hydrogen) atoms. The Labute approximate surface area is 130 Å². The third-order valence-electron chi connectivity index (χ3n) is 4.39. The van der Waals surface area contributed by atoms with E-state index in [1.807, 2.05) is 0 Å². The molecule has 1 aromatic rings. The van der Waals surface area contributed by atoms with Crippen LogP contribution in [0.1, 0.15) is 29.5 Å². The van der Waals surface area contributed by atoms with Gasteiger partial charge < -0.3 is 10.1 Å². The van der Waals surface area contributed by atoms with Crippen LogP contribution in [0.15, 0.2) is 18.2 Å². The van der Waals surface area contributed by atoms with Crippen molar-refractivity contribution in [3.8, 4) is 0 Å². The molecule has 1 saturated heterocycles. The summed E-state index contributed by atoms with van der Waals surface area (Å²) in [5, 5.41) is 3.16. The van der Waals surface area contributed by atoms with E-state index < -0.39 is 0 Å². The van der Waals surface area contributed by atoms with E-state index in [0.717, 1.165) is 25.2 Å². The van der Waals surface area contributed by atoms with Crippen molar-refractivity contribution >= 4 is 17.7 Å². The largest absolute Gasteiger partial charge is 0.378 e. The monoisotopic (exact) mass is 305 g/mol. The van der Waals surface area contributed by atoms with Gasteiger partial charge in [0.15, 0.2) is 0 Å². The Hall–Kier alpha value is -1.00. The molecule has 0 spiro atoms. The number of hydrogen-bond acceptors (Lipinski definition) is 3. The van der Waals surface area contributed by atoms with E-state index in [-0.39, 0.29) is 5.91 Å². The minimum atomic E-state index is 0.166. The number of hydrogen-bond donors (Lipinski definition) is 1. The van der Waals surface area contributed by atoms with Crippen molar-refractivity contribution in [2.45, 2.75) is 44.6 Å². The van der Waals surface area contributed by atoms with E-state index in [0.29, 0.717) is 23.8 Å². The molecule has 3 rings (SSSR count). The fourth-order valence-electron chi connectivity index (χ4n) is 3.43. The second kappa shape index (κ2) is 6.41. The predicted octanol–water partition coefficient (Wildman–Crippen LogP) is 2.83. The van der Waals surface area contributed by atoms with Crippen LogP contribution in [0.2, 0.25) is 0 Å². The van der Waals surface area contributed by atoms with E-state index in [1.165, 1.54) is 16.7 Å². The number of amides is 1. The molecule has 0 aromatic heterocycles. The van der Waals surface area contributed by atoms with Crippen LogP contribution in [0.5, 0.6) is 0 Å². The summed E-state index contributed by atoms with van der Waals surface area (Å²) < 4.78 is 5.57. The van der Waals surface area contributed by atoms with Gasteiger partial charge in [-0.05, 0) is 32.3 Å². The lowest BCUT2D eigenvalue weighted by atomic mass is 9.76. The molecule has 2 aliphatic rings. The molecule has 1 heterocycles. The van der Waals surface area contributed by atoms with Gasteiger partial charge in [0.1, 0.15) is 0 Å². The smallest absolute Gasteiger partial charge is 0.230 e. The number of aryl methyl sites for hydroxylation is 2. The highest BCUT2D eigenvalue weighted by atomic mass is 32.2. The highest BCUT2D eigenvalue weighted by Crippen LogP contribution is 2.38. The molecule has 1 aromatic carbocycles. The van der Waals surface area contributed by atoms with Crippen molar-refractivity contribution in [3.63, 3.8) is 0 Å². The lowest BCUT2D eigenvalue weighted by Crippen LogP contribution is -2.53. The summed E-state index contributed by atoms with van der Waals surface area (Å²) in [6, 6.07) is 6.93. The van der Waals surface area contributed by atoms with Gasteiger partial charge in [0.25, 0.3) is 0 Å². The number of ether oxygens (including phenoxy) is 1. The van der Waals surface area contributed by atoms with Crippen LogP contribution in [-0.2, 0) is 15.3 Å². The maximum atomic E-state index is 12.0. The van der Waals surface area contributed by atoms with E-state index >= 15 is 0 Å². The van der Waals surface area contributed by atoms with Gasteiger partial charge in [-0.2, -0.15) is 0 Å². The van der Waals surface area contributed by atoms with Crippen LogP contribution in [0.3, 0.4) is 0 Å². The summed E-state index contributed by atoms with van der Waals surface area (Å²) in [5.41, 5.74) is 3.88. The average molecular weight is 305 g/mol. The first-order chi connectivity index (χ1) is 10.1. The van der Waals surface area contributed by atoms with Crippen molar-refractivity contribution in [2.75, 3.05) is 12.4 Å². The summed E-state index contributed by atoms with van der Waals surface area (Å²) in [6.45, 7) is 5.10. The topological polar surface area (TPSA) is 38.3 Å². The Kier molecular flexibility index (Phi) is 4.55. The van der Waals surface area contributed by atoms with Gasteiger partial charge >= 0.3 is 0 Å². The van der Waals surface area contributed by atoms with Gasteiger partial charge in [-0.25, -0.2) is 0 Å². The lowest BCUT2D eigenvalue weighted by Gasteiger charge is -2.39. The summed E-state index contributed by atoms with van der Waals surface area (Å²) in [7, 11) is 0.